The van der Waals surface area contributed by atoms with E-state index in [1.807, 2.05) is 0 Å². The molecule has 0 radical (unpaired) electrons. The summed E-state index contributed by atoms with van der Waals surface area (Å²) in [6.07, 6.45) is 13.8. The fourth-order valence-corrected chi connectivity index (χ4v) is 2.48. The highest BCUT2D eigenvalue weighted by Crippen LogP contribution is 2.26. The number of allylic oxidation sites excluding steroid dienone is 1. The van der Waals surface area contributed by atoms with E-state index in [0.29, 0.717) is 0 Å². The van der Waals surface area contributed by atoms with Crippen LogP contribution in [0, 0.1) is 5.92 Å². The third kappa shape index (κ3) is 5.96. The lowest BCUT2D eigenvalue weighted by Gasteiger charge is -2.15. The van der Waals surface area contributed by atoms with Gasteiger partial charge >= 0.3 is 0 Å². The van der Waals surface area contributed by atoms with Crippen molar-refractivity contribution in [3.05, 3.63) is 12.4 Å². The molecule has 0 atom stereocenters. The Balaban J connectivity index is 2.28. The molecule has 0 aromatic heterocycles. The Morgan fingerprint density at radius 2 is 1.07 bits per heavy atom. The summed E-state index contributed by atoms with van der Waals surface area (Å²) in [6.45, 7) is 3.48. The summed E-state index contributed by atoms with van der Waals surface area (Å²) in [5.74, 6) is 0.0801. The summed E-state index contributed by atoms with van der Waals surface area (Å²) >= 11 is 0. The zero-order valence-corrected chi connectivity index (χ0v) is 9.94. The van der Waals surface area contributed by atoms with Crippen LogP contribution in [0.2, 0.25) is 0 Å². The van der Waals surface area contributed by atoms with E-state index in [1.54, 1.807) is 0 Å². The Hall–Kier alpha value is -0.330. The van der Waals surface area contributed by atoms with Crippen LogP contribution in [0.3, 0.4) is 0 Å². The smallest absolute Gasteiger partial charge is 0.0958 e. The van der Waals surface area contributed by atoms with Gasteiger partial charge in [-0.1, -0.05) is 64.4 Å². The first-order valence-corrected chi connectivity index (χ1v) is 6.65. The topological polar surface area (TPSA) is 0 Å². The average Bonchev–Trinajstić information content (AvgIpc) is 2.18. The summed E-state index contributed by atoms with van der Waals surface area (Å²) in [5.41, 5.74) is 0. The van der Waals surface area contributed by atoms with E-state index in [4.69, 9.17) is 0 Å². The van der Waals surface area contributed by atoms with Gasteiger partial charge in [-0.2, -0.15) is 0 Å². The Kier molecular flexibility index (Phi) is 6.71. The minimum atomic E-state index is -0.0768. The molecule has 0 heterocycles. The molecule has 0 amide bonds. The molecule has 0 aromatic carbocycles. The Bertz CT molecular complexity index is 162. The molecule has 1 fully saturated rings. The van der Waals surface area contributed by atoms with Crippen LogP contribution in [0.4, 0.5) is 4.39 Å². The largest absolute Gasteiger partial charge is 0.212 e. The predicted molar refractivity (Wildman–Crippen MR) is 64.5 cm³/mol. The first-order valence-electron chi connectivity index (χ1n) is 6.65. The maximum atomic E-state index is 13.1. The van der Waals surface area contributed by atoms with Gasteiger partial charge in [0.2, 0.25) is 0 Å². The summed E-state index contributed by atoms with van der Waals surface area (Å²) < 4.78 is 13.1. The maximum absolute atomic E-state index is 13.1. The van der Waals surface area contributed by atoms with Gasteiger partial charge in [0.05, 0.1) is 5.83 Å². The van der Waals surface area contributed by atoms with Gasteiger partial charge in [0.15, 0.2) is 0 Å². The highest BCUT2D eigenvalue weighted by molar-refractivity contribution is 4.89. The van der Waals surface area contributed by atoms with Crippen LogP contribution in [-0.4, -0.2) is 0 Å². The lowest BCUT2D eigenvalue weighted by atomic mass is 9.92. The van der Waals surface area contributed by atoms with Gasteiger partial charge in [-0.05, 0) is 12.8 Å². The van der Waals surface area contributed by atoms with Crippen molar-refractivity contribution in [1.29, 1.82) is 0 Å². The van der Waals surface area contributed by atoms with Crippen molar-refractivity contribution >= 4 is 0 Å². The van der Waals surface area contributed by atoms with Crippen LogP contribution < -0.4 is 0 Å². The summed E-state index contributed by atoms with van der Waals surface area (Å²) in [7, 11) is 0. The van der Waals surface area contributed by atoms with Crippen LogP contribution in [-0.2, 0) is 0 Å². The van der Waals surface area contributed by atoms with Crippen molar-refractivity contribution in [1.82, 2.24) is 0 Å². The lowest BCUT2D eigenvalue weighted by molar-refractivity contribution is 0.380. The minimum Gasteiger partial charge on any atom is -0.212 e. The molecule has 0 unspecified atom stereocenters. The van der Waals surface area contributed by atoms with Gasteiger partial charge in [-0.15, -0.1) is 0 Å². The molecule has 88 valence electrons. The monoisotopic (exact) mass is 212 g/mol. The third-order valence-electron chi connectivity index (χ3n) is 3.55. The van der Waals surface area contributed by atoms with Crippen LogP contribution in [0.1, 0.15) is 70.6 Å². The van der Waals surface area contributed by atoms with E-state index < -0.39 is 0 Å². The van der Waals surface area contributed by atoms with Crippen LogP contribution in [0.25, 0.3) is 0 Å². The molecule has 0 aliphatic heterocycles. The molecule has 15 heavy (non-hydrogen) atoms. The molecule has 0 N–H and O–H groups in total. The normalized spacial score (nSPS) is 22.7. The highest BCUT2D eigenvalue weighted by atomic mass is 19.1. The Morgan fingerprint density at radius 3 is 1.40 bits per heavy atom. The van der Waals surface area contributed by atoms with Gasteiger partial charge in [0, 0.05) is 5.92 Å². The van der Waals surface area contributed by atoms with E-state index in [0.717, 1.165) is 12.8 Å². The van der Waals surface area contributed by atoms with Crippen molar-refractivity contribution in [2.75, 3.05) is 0 Å². The molecule has 1 heteroatoms. The van der Waals surface area contributed by atoms with E-state index >= 15 is 0 Å². The molecule has 1 aliphatic rings. The highest BCUT2D eigenvalue weighted by Gasteiger charge is 2.12. The van der Waals surface area contributed by atoms with Gasteiger partial charge < -0.3 is 0 Å². The molecule has 1 aliphatic carbocycles. The first-order chi connectivity index (χ1) is 7.30. The molecule has 0 spiro atoms. The zero-order chi connectivity index (χ0) is 10.9. The van der Waals surface area contributed by atoms with Gasteiger partial charge in [-0.25, -0.2) is 4.39 Å². The van der Waals surface area contributed by atoms with Gasteiger partial charge in [-0.3, -0.25) is 0 Å². The summed E-state index contributed by atoms with van der Waals surface area (Å²) in [6, 6.07) is 0. The Morgan fingerprint density at radius 1 is 0.733 bits per heavy atom. The standard InChI is InChI=1S/C14H25F/c1-13(15)14-11-9-7-5-3-2-4-6-8-10-12-14/h14H,1-12H2. The quantitative estimate of drug-likeness (QED) is 0.546. The van der Waals surface area contributed by atoms with E-state index in [1.165, 1.54) is 57.8 Å². The second kappa shape index (κ2) is 7.90. The van der Waals surface area contributed by atoms with Crippen molar-refractivity contribution < 1.29 is 4.39 Å². The van der Waals surface area contributed by atoms with Crippen LogP contribution in [0.5, 0.6) is 0 Å². The number of halogens is 1. The summed E-state index contributed by atoms with van der Waals surface area (Å²) in [5, 5.41) is 0. The van der Waals surface area contributed by atoms with Gasteiger partial charge in [0.25, 0.3) is 0 Å². The lowest BCUT2D eigenvalue weighted by Crippen LogP contribution is -2.01. The number of hydrogen-bond donors (Lipinski definition) is 0. The van der Waals surface area contributed by atoms with Crippen molar-refractivity contribution in [3.8, 4) is 0 Å². The second-order valence-electron chi connectivity index (χ2n) is 4.90. The van der Waals surface area contributed by atoms with Crippen molar-refractivity contribution in [2.45, 2.75) is 70.6 Å². The third-order valence-corrected chi connectivity index (χ3v) is 3.55. The zero-order valence-electron chi connectivity index (χ0n) is 9.94. The van der Waals surface area contributed by atoms with Crippen LogP contribution in [0.15, 0.2) is 12.4 Å². The number of hydrogen-bond acceptors (Lipinski definition) is 0. The fraction of sp³-hybridized carbons (Fsp3) is 0.857. The average molecular weight is 212 g/mol. The SMILES string of the molecule is C=C(F)C1CCCCCCCCCCC1. The van der Waals surface area contributed by atoms with E-state index in [2.05, 4.69) is 6.58 Å². The number of rotatable bonds is 1. The molecule has 0 saturated heterocycles. The molecule has 1 rings (SSSR count). The van der Waals surface area contributed by atoms with Crippen molar-refractivity contribution in [3.63, 3.8) is 0 Å². The maximum Gasteiger partial charge on any atom is 0.0958 e. The first kappa shape index (κ1) is 12.7. The van der Waals surface area contributed by atoms with Gasteiger partial charge in [0.1, 0.15) is 0 Å². The molecule has 0 bridgehead atoms. The van der Waals surface area contributed by atoms with Crippen molar-refractivity contribution in [2.24, 2.45) is 5.92 Å². The second-order valence-corrected chi connectivity index (χ2v) is 4.90. The minimum absolute atomic E-state index is 0.0768. The fourth-order valence-electron chi connectivity index (χ4n) is 2.48. The molecule has 0 nitrogen and oxygen atoms in total. The Labute approximate surface area is 94.0 Å². The van der Waals surface area contributed by atoms with E-state index in [-0.39, 0.29) is 11.7 Å². The molecule has 0 aromatic rings. The predicted octanol–water partition coefficient (Wildman–Crippen LogP) is 5.39. The van der Waals surface area contributed by atoms with Crippen LogP contribution >= 0.6 is 0 Å². The molecule has 1 saturated carbocycles. The summed E-state index contributed by atoms with van der Waals surface area (Å²) in [4.78, 5) is 0. The van der Waals surface area contributed by atoms with E-state index in [9.17, 15) is 4.39 Å². The molecular weight excluding hydrogens is 187 g/mol. The molecular formula is C14H25F.